The average molecular weight is 393 g/mol. The van der Waals surface area contributed by atoms with Crippen molar-refractivity contribution in [2.75, 3.05) is 6.61 Å². The van der Waals surface area contributed by atoms with Gasteiger partial charge in [0.15, 0.2) is 8.32 Å². The Balaban J connectivity index is 2.11. The summed E-state index contributed by atoms with van der Waals surface area (Å²) in [6.45, 7) is 15.5. The van der Waals surface area contributed by atoms with Crippen molar-refractivity contribution in [1.29, 1.82) is 0 Å². The van der Waals surface area contributed by atoms with Gasteiger partial charge in [-0.25, -0.2) is 0 Å². The first-order valence-electron chi connectivity index (χ1n) is 9.88. The van der Waals surface area contributed by atoms with E-state index in [9.17, 15) is 5.11 Å². The molecule has 1 fully saturated rings. The van der Waals surface area contributed by atoms with Crippen LogP contribution in [-0.2, 0) is 20.5 Å². The zero-order valence-corrected chi connectivity index (χ0v) is 18.5. The molecule has 1 heterocycles. The minimum absolute atomic E-state index is 0.0433. The molecule has 1 saturated heterocycles. The Kier molecular flexibility index (Phi) is 7.83. The molecule has 0 aliphatic carbocycles. The minimum Gasteiger partial charge on any atom is -0.411 e. The van der Waals surface area contributed by atoms with E-state index in [4.69, 9.17) is 13.9 Å². The Hall–Kier alpha value is -0.983. The molecule has 1 N–H and O–H groups in total. The summed E-state index contributed by atoms with van der Waals surface area (Å²) in [5, 5.41) is 9.99. The summed E-state index contributed by atoms with van der Waals surface area (Å²) >= 11 is 0. The van der Waals surface area contributed by atoms with Crippen molar-refractivity contribution in [3.63, 3.8) is 0 Å². The van der Waals surface area contributed by atoms with E-state index >= 15 is 0 Å². The predicted molar refractivity (Wildman–Crippen MR) is 112 cm³/mol. The van der Waals surface area contributed by atoms with Gasteiger partial charge in [-0.3, -0.25) is 0 Å². The predicted octanol–water partition coefficient (Wildman–Crippen LogP) is 4.69. The van der Waals surface area contributed by atoms with Gasteiger partial charge < -0.3 is 19.0 Å². The Morgan fingerprint density at radius 3 is 2.41 bits per heavy atom. The average Bonchev–Trinajstić information content (AvgIpc) is 2.61. The molecule has 27 heavy (non-hydrogen) atoms. The fraction of sp³-hybridized carbons (Fsp3) is 0.636. The van der Waals surface area contributed by atoms with Gasteiger partial charge in [0.1, 0.15) is 6.10 Å². The second-order valence-corrected chi connectivity index (χ2v) is 13.7. The molecule has 1 aliphatic heterocycles. The molecule has 0 unspecified atom stereocenters. The van der Waals surface area contributed by atoms with E-state index in [1.54, 1.807) is 0 Å². The zero-order valence-electron chi connectivity index (χ0n) is 17.5. The van der Waals surface area contributed by atoms with Gasteiger partial charge in [0.25, 0.3) is 0 Å². The summed E-state index contributed by atoms with van der Waals surface area (Å²) in [5.41, 5.74) is 1.14. The minimum atomic E-state index is -1.97. The van der Waals surface area contributed by atoms with Crippen LogP contribution in [0.15, 0.2) is 43.0 Å². The third-order valence-corrected chi connectivity index (χ3v) is 10.3. The van der Waals surface area contributed by atoms with Gasteiger partial charge in [-0.15, -0.1) is 6.58 Å². The number of ether oxygens (including phenoxy) is 2. The van der Waals surface area contributed by atoms with Crippen LogP contribution < -0.4 is 0 Å². The molecular weight excluding hydrogens is 356 g/mol. The highest BCUT2D eigenvalue weighted by Gasteiger charge is 2.45. The summed E-state index contributed by atoms with van der Waals surface area (Å²) in [6, 6.07) is 10.2. The van der Waals surface area contributed by atoms with Gasteiger partial charge >= 0.3 is 0 Å². The second kappa shape index (κ2) is 9.48. The standard InChI is InChI=1S/C22H36O4Si/c1-7-11-18-19(24-16-17-12-9-8-10-13-17)14-20(21(15-23)25-18)26-27(5,6)22(2,3)4/h7-10,12-13,18-21,23H,1,11,14-16H2,2-6H3/t18-,19+,20-,21+/m0/s1. The van der Waals surface area contributed by atoms with Gasteiger partial charge in [0.05, 0.1) is 31.5 Å². The summed E-state index contributed by atoms with van der Waals surface area (Å²) in [4.78, 5) is 0. The third kappa shape index (κ3) is 6.00. The van der Waals surface area contributed by atoms with Crippen molar-refractivity contribution in [2.24, 2.45) is 0 Å². The maximum absolute atomic E-state index is 9.89. The molecule has 0 aromatic heterocycles. The van der Waals surface area contributed by atoms with E-state index in [1.165, 1.54) is 0 Å². The number of hydrogen-bond acceptors (Lipinski definition) is 4. The molecule has 4 nitrogen and oxygen atoms in total. The highest BCUT2D eigenvalue weighted by atomic mass is 28.4. The van der Waals surface area contributed by atoms with Crippen LogP contribution in [0.1, 0.15) is 39.2 Å². The SMILES string of the molecule is C=CC[C@@H]1O[C@H](CO)[C@@H](O[Si](C)(C)C(C)(C)C)C[C@H]1OCc1ccccc1. The largest absolute Gasteiger partial charge is 0.411 e. The third-order valence-electron chi connectivity index (χ3n) is 5.78. The van der Waals surface area contributed by atoms with Gasteiger partial charge in [0, 0.05) is 6.42 Å². The number of rotatable bonds is 8. The number of hydrogen-bond donors (Lipinski definition) is 1. The lowest BCUT2D eigenvalue weighted by Gasteiger charge is -2.46. The summed E-state index contributed by atoms with van der Waals surface area (Å²) in [7, 11) is -1.97. The van der Waals surface area contributed by atoms with Gasteiger partial charge in [-0.1, -0.05) is 57.2 Å². The molecule has 0 saturated carbocycles. The molecule has 1 aromatic carbocycles. The lowest BCUT2D eigenvalue weighted by atomic mass is 9.96. The zero-order chi connectivity index (χ0) is 20.1. The maximum atomic E-state index is 9.89. The molecular formula is C22H36O4Si. The molecule has 2 rings (SSSR count). The highest BCUT2D eigenvalue weighted by molar-refractivity contribution is 6.74. The van der Waals surface area contributed by atoms with E-state index in [-0.39, 0.29) is 36.1 Å². The normalized spacial score (nSPS) is 26.7. The van der Waals surface area contributed by atoms with Crippen molar-refractivity contribution in [1.82, 2.24) is 0 Å². The fourth-order valence-corrected chi connectivity index (χ4v) is 4.46. The van der Waals surface area contributed by atoms with Crippen LogP contribution in [0.3, 0.4) is 0 Å². The van der Waals surface area contributed by atoms with Gasteiger partial charge in [0.2, 0.25) is 0 Å². The molecule has 1 aliphatic rings. The second-order valence-electron chi connectivity index (χ2n) is 8.91. The Bertz CT molecular complexity index is 582. The molecule has 0 amide bonds. The van der Waals surface area contributed by atoms with E-state index in [0.717, 1.165) is 12.0 Å². The highest BCUT2D eigenvalue weighted by Crippen LogP contribution is 2.39. The number of aliphatic hydroxyl groups is 1. The molecule has 0 radical (unpaired) electrons. The first-order valence-corrected chi connectivity index (χ1v) is 12.8. The Morgan fingerprint density at radius 2 is 1.85 bits per heavy atom. The van der Waals surface area contributed by atoms with Crippen LogP contribution >= 0.6 is 0 Å². The van der Waals surface area contributed by atoms with Crippen LogP contribution in [0.2, 0.25) is 18.1 Å². The van der Waals surface area contributed by atoms with Gasteiger partial charge in [-0.05, 0) is 30.1 Å². The molecule has 152 valence electrons. The molecule has 1 aromatic rings. The van der Waals surface area contributed by atoms with Crippen molar-refractivity contribution >= 4 is 8.32 Å². The van der Waals surface area contributed by atoms with E-state index in [1.807, 2.05) is 24.3 Å². The first kappa shape index (κ1) is 22.3. The summed E-state index contributed by atoms with van der Waals surface area (Å²) in [5.74, 6) is 0. The monoisotopic (exact) mass is 392 g/mol. The molecule has 4 atom stereocenters. The van der Waals surface area contributed by atoms with Crippen molar-refractivity contribution < 1.29 is 19.0 Å². The van der Waals surface area contributed by atoms with Crippen LogP contribution in [-0.4, -0.2) is 44.4 Å². The molecule has 0 spiro atoms. The van der Waals surface area contributed by atoms with Crippen LogP contribution in [0.5, 0.6) is 0 Å². The van der Waals surface area contributed by atoms with Crippen molar-refractivity contribution in [3.05, 3.63) is 48.6 Å². The number of benzene rings is 1. The lowest BCUT2D eigenvalue weighted by molar-refractivity contribution is -0.190. The fourth-order valence-electron chi connectivity index (χ4n) is 3.10. The summed E-state index contributed by atoms with van der Waals surface area (Å²) < 4.78 is 19.0. The van der Waals surface area contributed by atoms with Crippen LogP contribution in [0, 0.1) is 0 Å². The van der Waals surface area contributed by atoms with E-state index < -0.39 is 8.32 Å². The molecule has 5 heteroatoms. The Morgan fingerprint density at radius 1 is 1.19 bits per heavy atom. The first-order chi connectivity index (χ1) is 12.7. The lowest BCUT2D eigenvalue weighted by Crippen LogP contribution is -2.55. The topological polar surface area (TPSA) is 47.9 Å². The quantitative estimate of drug-likeness (QED) is 0.515. The van der Waals surface area contributed by atoms with Crippen LogP contribution in [0.25, 0.3) is 0 Å². The van der Waals surface area contributed by atoms with Crippen molar-refractivity contribution in [2.45, 2.75) is 82.8 Å². The van der Waals surface area contributed by atoms with Crippen LogP contribution in [0.4, 0.5) is 0 Å². The summed E-state index contributed by atoms with van der Waals surface area (Å²) in [6.07, 6.45) is 2.61. The maximum Gasteiger partial charge on any atom is 0.192 e. The van der Waals surface area contributed by atoms with E-state index in [2.05, 4.69) is 52.6 Å². The van der Waals surface area contributed by atoms with Gasteiger partial charge in [-0.2, -0.15) is 0 Å². The number of aliphatic hydroxyl groups excluding tert-OH is 1. The Labute approximate surface area is 165 Å². The molecule has 0 bridgehead atoms. The van der Waals surface area contributed by atoms with E-state index in [0.29, 0.717) is 13.0 Å². The van der Waals surface area contributed by atoms with Crippen molar-refractivity contribution in [3.8, 4) is 0 Å². The smallest absolute Gasteiger partial charge is 0.192 e.